The van der Waals surface area contributed by atoms with E-state index in [0.29, 0.717) is 19.6 Å². The van der Waals surface area contributed by atoms with Gasteiger partial charge < -0.3 is 22.1 Å². The van der Waals surface area contributed by atoms with E-state index in [1.807, 2.05) is 4.90 Å². The Balaban J connectivity index is 0. The van der Waals surface area contributed by atoms with Gasteiger partial charge in [-0.2, -0.15) is 0 Å². The summed E-state index contributed by atoms with van der Waals surface area (Å²) in [5.74, 6) is 0. The molecule has 0 amide bonds. The molecule has 6 heteroatoms. The predicted octanol–water partition coefficient (Wildman–Crippen LogP) is 1.04. The molecule has 0 aliphatic rings. The van der Waals surface area contributed by atoms with Gasteiger partial charge in [0, 0.05) is 13.1 Å². The number of nitrogens with one attached hydrogen (secondary N) is 2. The Hall–Kier alpha value is 0.818. The second-order valence-electron chi connectivity index (χ2n) is 2.13. The first kappa shape index (κ1) is 15.3. The van der Waals surface area contributed by atoms with Crippen molar-refractivity contribution in [2.75, 3.05) is 39.3 Å². The third-order valence-electron chi connectivity index (χ3n) is 1.30. The van der Waals surface area contributed by atoms with Crippen LogP contribution in [0, 0.1) is 0 Å². The van der Waals surface area contributed by atoms with Crippen molar-refractivity contribution >= 4 is 9.42 Å². The summed E-state index contributed by atoms with van der Waals surface area (Å²) in [6.07, 6.45) is 0. The van der Waals surface area contributed by atoms with Crippen LogP contribution < -0.4 is 5.73 Å². The summed E-state index contributed by atoms with van der Waals surface area (Å²) in [6, 6.07) is 0. The van der Waals surface area contributed by atoms with E-state index in [2.05, 4.69) is 9.42 Å². The summed E-state index contributed by atoms with van der Waals surface area (Å²) in [6.45, 7) is 3.74. The van der Waals surface area contributed by atoms with E-state index in [1.165, 1.54) is 0 Å². The van der Waals surface area contributed by atoms with Crippen molar-refractivity contribution in [3.8, 4) is 0 Å². The van der Waals surface area contributed by atoms with Crippen LogP contribution in [0.25, 0.3) is 11.5 Å². The van der Waals surface area contributed by atoms with E-state index < -0.39 is 0 Å². The quantitative estimate of drug-likeness (QED) is 0.754. The molecule has 0 aromatic heterocycles. The van der Waals surface area contributed by atoms with Gasteiger partial charge in [-0.25, -0.2) is 0 Å². The van der Waals surface area contributed by atoms with Crippen molar-refractivity contribution in [1.82, 2.24) is 4.90 Å². The Morgan fingerprint density at radius 2 is 1.50 bits per heavy atom. The van der Waals surface area contributed by atoms with Crippen LogP contribution in [0.3, 0.4) is 0 Å². The van der Waals surface area contributed by atoms with Gasteiger partial charge in [0.05, 0.1) is 0 Å². The Morgan fingerprint density at radius 3 is 1.75 bits per heavy atom. The number of halogens is 1. The third kappa shape index (κ3) is 10.8. The van der Waals surface area contributed by atoms with Crippen molar-refractivity contribution in [2.45, 2.75) is 0 Å². The maximum absolute atomic E-state index is 6.95. The molecule has 78 valence electrons. The fraction of sp³-hybridized carbons (Fsp3) is 1.00. The molecule has 0 rings (SSSR count). The Labute approximate surface area is 89.6 Å². The van der Waals surface area contributed by atoms with Crippen molar-refractivity contribution in [3.63, 3.8) is 0 Å². The number of nitrogens with zero attached hydrogens (tertiary/aromatic N) is 1. The van der Waals surface area contributed by atoms with Crippen LogP contribution >= 0.6 is 9.42 Å². The molecule has 0 radical (unpaired) electrons. The van der Waals surface area contributed by atoms with Crippen LogP contribution in [0.15, 0.2) is 0 Å². The molecule has 12 heavy (non-hydrogen) atoms. The third-order valence-corrected chi connectivity index (χ3v) is 1.30. The van der Waals surface area contributed by atoms with Gasteiger partial charge in [-0.05, 0) is 13.1 Å². The SMILES string of the molecule is [Cl][Pt+].[NH-]CCN(CC[NH-])CCN. The van der Waals surface area contributed by atoms with Crippen molar-refractivity contribution in [1.29, 1.82) is 0 Å². The molecule has 0 bridgehead atoms. The molecule has 0 aromatic carbocycles. The Kier molecular flexibility index (Phi) is 18.3. The minimum Gasteiger partial charge on any atom is -0.676 e. The summed E-state index contributed by atoms with van der Waals surface area (Å²) in [5.41, 5.74) is 19.2. The fourth-order valence-electron chi connectivity index (χ4n) is 0.834. The van der Waals surface area contributed by atoms with Crippen molar-refractivity contribution < 1.29 is 18.8 Å². The number of hydrogen-bond acceptors (Lipinski definition) is 2. The van der Waals surface area contributed by atoms with E-state index >= 15 is 0 Å². The zero-order valence-corrected chi connectivity index (χ0v) is 9.99. The number of hydrogen-bond donors (Lipinski definition) is 1. The number of nitrogens with two attached hydrogens (primary N) is 1. The van der Waals surface area contributed by atoms with Crippen LogP contribution in [0.2, 0.25) is 0 Å². The van der Waals surface area contributed by atoms with Gasteiger partial charge in [-0.15, -0.1) is 13.1 Å². The topological polar surface area (TPSA) is 76.9 Å². The van der Waals surface area contributed by atoms with Gasteiger partial charge in [0.2, 0.25) is 0 Å². The summed E-state index contributed by atoms with van der Waals surface area (Å²) in [5, 5.41) is 0. The molecule has 0 saturated carbocycles. The van der Waals surface area contributed by atoms with E-state index in [4.69, 9.17) is 17.2 Å². The minimum absolute atomic E-state index is 0.403. The minimum atomic E-state index is 0.403. The fourth-order valence-corrected chi connectivity index (χ4v) is 0.834. The van der Waals surface area contributed by atoms with Gasteiger partial charge >= 0.3 is 28.2 Å². The zero-order valence-electron chi connectivity index (χ0n) is 6.96. The Morgan fingerprint density at radius 1 is 1.08 bits per heavy atom. The second kappa shape index (κ2) is 14.3. The molecule has 4 nitrogen and oxygen atoms in total. The molecule has 0 fully saturated rings. The molecule has 0 spiro atoms. The van der Waals surface area contributed by atoms with Crippen LogP contribution in [-0.2, 0) is 18.8 Å². The smallest absolute Gasteiger partial charge is 0.0103 e. The monoisotopic (exact) mass is 374 g/mol. The molecule has 0 aliphatic heterocycles. The molecule has 0 saturated heterocycles. The molecule has 0 aliphatic carbocycles. The second-order valence-corrected chi connectivity index (χ2v) is 2.13. The van der Waals surface area contributed by atoms with Crippen molar-refractivity contribution in [2.24, 2.45) is 5.73 Å². The van der Waals surface area contributed by atoms with Gasteiger partial charge in [-0.3, -0.25) is 0 Å². The summed E-state index contributed by atoms with van der Waals surface area (Å²) >= 11 is 1.61. The average Bonchev–Trinajstić information content (AvgIpc) is 2.10. The van der Waals surface area contributed by atoms with E-state index in [-0.39, 0.29) is 0 Å². The molecule has 0 unspecified atom stereocenters. The predicted molar refractivity (Wildman–Crippen MR) is 49.7 cm³/mol. The van der Waals surface area contributed by atoms with Gasteiger partial charge in [-0.1, -0.05) is 0 Å². The van der Waals surface area contributed by atoms with Gasteiger partial charge in [0.1, 0.15) is 0 Å². The van der Waals surface area contributed by atoms with Crippen LogP contribution in [0.1, 0.15) is 0 Å². The summed E-state index contributed by atoms with van der Waals surface area (Å²) < 4.78 is 0. The summed E-state index contributed by atoms with van der Waals surface area (Å²) in [7, 11) is 4.61. The van der Waals surface area contributed by atoms with E-state index in [9.17, 15) is 0 Å². The first-order valence-electron chi connectivity index (χ1n) is 3.68. The van der Waals surface area contributed by atoms with Crippen LogP contribution in [-0.4, -0.2) is 44.2 Å². The summed E-state index contributed by atoms with van der Waals surface area (Å²) in [4.78, 5) is 2.04. The van der Waals surface area contributed by atoms with Crippen LogP contribution in [0.5, 0.6) is 0 Å². The van der Waals surface area contributed by atoms with Crippen molar-refractivity contribution in [3.05, 3.63) is 11.5 Å². The van der Waals surface area contributed by atoms with E-state index in [1.54, 1.807) is 18.8 Å². The average molecular weight is 375 g/mol. The number of rotatable bonds is 6. The molecule has 4 N–H and O–H groups in total. The normalized spacial score (nSPS) is 9.58. The standard InChI is InChI=1S/C6H16N4.ClH.Pt/c7-1-4-10(5-2-8)6-3-9;;/h7-8H,1-6,9H2;1H;/q-2;;+2/p-1. The van der Waals surface area contributed by atoms with Gasteiger partial charge in [0.25, 0.3) is 0 Å². The van der Waals surface area contributed by atoms with E-state index in [0.717, 1.165) is 19.6 Å². The van der Waals surface area contributed by atoms with Gasteiger partial charge in [0.15, 0.2) is 0 Å². The maximum atomic E-state index is 6.95. The molecular weight excluding hydrogens is 359 g/mol. The first-order chi connectivity index (χ1) is 5.85. The Bertz CT molecular complexity index is 62.3. The molecule has 0 aromatic rings. The molecule has 0 heterocycles. The zero-order chi connectivity index (χ0) is 9.82. The maximum Gasteiger partial charge on any atom is 0.0103 e. The molecule has 0 atom stereocenters. The van der Waals surface area contributed by atoms with Crippen LogP contribution in [0.4, 0.5) is 0 Å². The molecular formula is C6H16ClN4Pt-. The first-order valence-corrected chi connectivity index (χ1v) is 6.50. The largest absolute Gasteiger partial charge is 0.676 e.